The van der Waals surface area contributed by atoms with Gasteiger partial charge in [-0.1, -0.05) is 30.3 Å². The van der Waals surface area contributed by atoms with Crippen molar-refractivity contribution in [2.75, 3.05) is 6.54 Å². The minimum atomic E-state index is -0.328. The molecule has 1 aromatic heterocycles. The largest absolute Gasteiger partial charge is 0.349 e. The third-order valence-electron chi connectivity index (χ3n) is 3.85. The van der Waals surface area contributed by atoms with Crippen molar-refractivity contribution in [3.63, 3.8) is 0 Å². The molecule has 5 heteroatoms. The molecule has 5 nitrogen and oxygen atoms in total. The molecule has 1 heterocycles. The molecule has 0 aliphatic heterocycles. The predicted molar refractivity (Wildman–Crippen MR) is 82.7 cm³/mol. The van der Waals surface area contributed by atoms with Crippen LogP contribution in [0.15, 0.2) is 36.5 Å². The van der Waals surface area contributed by atoms with Crippen LogP contribution in [0.2, 0.25) is 0 Å². The highest BCUT2D eigenvalue weighted by Crippen LogP contribution is 2.19. The predicted octanol–water partition coefficient (Wildman–Crippen LogP) is 1.65. The van der Waals surface area contributed by atoms with Crippen molar-refractivity contribution in [1.82, 2.24) is 15.1 Å². The number of hydrogen-bond donors (Lipinski definition) is 2. The lowest BCUT2D eigenvalue weighted by Gasteiger charge is -2.19. The third-order valence-corrected chi connectivity index (χ3v) is 3.85. The molecule has 0 saturated carbocycles. The van der Waals surface area contributed by atoms with Gasteiger partial charge >= 0.3 is 0 Å². The van der Waals surface area contributed by atoms with E-state index < -0.39 is 0 Å². The second-order valence-corrected chi connectivity index (χ2v) is 5.24. The zero-order valence-corrected chi connectivity index (χ0v) is 12.7. The summed E-state index contributed by atoms with van der Waals surface area (Å²) in [5.74, 6) is -0.384. The van der Waals surface area contributed by atoms with Gasteiger partial charge in [-0.3, -0.25) is 9.48 Å². The van der Waals surface area contributed by atoms with E-state index in [1.165, 1.54) is 0 Å². The van der Waals surface area contributed by atoms with Gasteiger partial charge in [0, 0.05) is 24.8 Å². The average molecular weight is 286 g/mol. The molecule has 1 amide bonds. The molecule has 0 spiro atoms. The third kappa shape index (κ3) is 3.31. The monoisotopic (exact) mass is 286 g/mol. The van der Waals surface area contributed by atoms with E-state index in [2.05, 4.69) is 10.4 Å². The number of nitrogens with zero attached hydrogens (tertiary/aromatic N) is 2. The number of carbonyl (C=O) groups is 1. The Kier molecular flexibility index (Phi) is 4.75. The Bertz CT molecular complexity index is 606. The summed E-state index contributed by atoms with van der Waals surface area (Å²) in [5.41, 5.74) is 8.79. The summed E-state index contributed by atoms with van der Waals surface area (Å²) in [4.78, 5) is 12.5. The molecule has 0 saturated heterocycles. The lowest BCUT2D eigenvalue weighted by Crippen LogP contribution is -2.35. The van der Waals surface area contributed by atoms with Gasteiger partial charge in [0.2, 0.25) is 5.91 Å². The van der Waals surface area contributed by atoms with Gasteiger partial charge < -0.3 is 11.1 Å². The highest BCUT2D eigenvalue weighted by Gasteiger charge is 2.22. The van der Waals surface area contributed by atoms with Crippen LogP contribution in [-0.4, -0.2) is 22.2 Å². The zero-order valence-electron chi connectivity index (χ0n) is 12.7. The van der Waals surface area contributed by atoms with E-state index in [0.29, 0.717) is 0 Å². The van der Waals surface area contributed by atoms with E-state index in [4.69, 9.17) is 5.73 Å². The molecule has 112 valence electrons. The first-order valence-corrected chi connectivity index (χ1v) is 7.08. The van der Waals surface area contributed by atoms with Crippen LogP contribution in [0.4, 0.5) is 0 Å². The Labute approximate surface area is 125 Å². The number of nitrogens with two attached hydrogens (primary N) is 1. The summed E-state index contributed by atoms with van der Waals surface area (Å²) in [6.07, 6.45) is 1.79. The van der Waals surface area contributed by atoms with Gasteiger partial charge in [0.25, 0.3) is 0 Å². The van der Waals surface area contributed by atoms with Crippen LogP contribution in [0.1, 0.15) is 35.7 Å². The summed E-state index contributed by atoms with van der Waals surface area (Å²) >= 11 is 0. The van der Waals surface area contributed by atoms with Crippen LogP contribution in [-0.2, 0) is 11.8 Å². The molecule has 0 fully saturated rings. The molecular weight excluding hydrogens is 264 g/mol. The average Bonchev–Trinajstić information content (AvgIpc) is 2.81. The Morgan fingerprint density at radius 1 is 1.38 bits per heavy atom. The summed E-state index contributed by atoms with van der Waals surface area (Å²) in [6.45, 7) is 4.23. The molecule has 21 heavy (non-hydrogen) atoms. The van der Waals surface area contributed by atoms with Crippen LogP contribution in [0.25, 0.3) is 0 Å². The molecule has 2 aromatic rings. The second-order valence-electron chi connectivity index (χ2n) is 5.24. The summed E-state index contributed by atoms with van der Waals surface area (Å²) in [7, 11) is 1.89. The minimum absolute atomic E-state index is 0.0561. The number of aromatic nitrogens is 2. The van der Waals surface area contributed by atoms with Crippen molar-refractivity contribution in [2.24, 2.45) is 12.8 Å². The van der Waals surface area contributed by atoms with Crippen molar-refractivity contribution < 1.29 is 4.79 Å². The van der Waals surface area contributed by atoms with Crippen LogP contribution in [0, 0.1) is 6.92 Å². The van der Waals surface area contributed by atoms with Crippen LogP contribution in [0.3, 0.4) is 0 Å². The second kappa shape index (κ2) is 6.54. The molecule has 0 radical (unpaired) electrons. The molecule has 0 aliphatic carbocycles. The van der Waals surface area contributed by atoms with Gasteiger partial charge in [0.15, 0.2) is 0 Å². The molecule has 1 aromatic carbocycles. The van der Waals surface area contributed by atoms with E-state index in [9.17, 15) is 4.79 Å². The van der Waals surface area contributed by atoms with Gasteiger partial charge in [-0.05, 0) is 19.4 Å². The molecular formula is C16H22N4O. The van der Waals surface area contributed by atoms with Gasteiger partial charge in [-0.2, -0.15) is 5.10 Å². The Morgan fingerprint density at radius 2 is 2.05 bits per heavy atom. The number of carbonyl (C=O) groups excluding carboxylic acids is 1. The minimum Gasteiger partial charge on any atom is -0.349 e. The molecule has 0 bridgehead atoms. The number of hydrogen-bond acceptors (Lipinski definition) is 3. The van der Waals surface area contributed by atoms with Crippen LogP contribution in [0.5, 0.6) is 0 Å². The van der Waals surface area contributed by atoms with E-state index in [0.717, 1.165) is 16.8 Å². The van der Waals surface area contributed by atoms with Crippen molar-refractivity contribution in [1.29, 1.82) is 0 Å². The quantitative estimate of drug-likeness (QED) is 0.877. The SMILES string of the molecule is Cc1c(C(C)NC(=O)C(CN)c2ccccc2)cnn1C. The number of nitrogens with one attached hydrogen (secondary N) is 1. The summed E-state index contributed by atoms with van der Waals surface area (Å²) in [6, 6.07) is 9.52. The summed E-state index contributed by atoms with van der Waals surface area (Å²) in [5, 5.41) is 7.24. The first-order valence-electron chi connectivity index (χ1n) is 7.08. The summed E-state index contributed by atoms with van der Waals surface area (Å²) < 4.78 is 1.80. The fraction of sp³-hybridized carbons (Fsp3) is 0.375. The molecule has 2 rings (SSSR count). The molecule has 2 atom stereocenters. The van der Waals surface area contributed by atoms with Crippen molar-refractivity contribution >= 4 is 5.91 Å². The Hall–Kier alpha value is -2.14. The number of aryl methyl sites for hydroxylation is 1. The van der Waals surface area contributed by atoms with E-state index in [1.54, 1.807) is 10.9 Å². The fourth-order valence-electron chi connectivity index (χ4n) is 2.41. The Balaban J connectivity index is 2.11. The van der Waals surface area contributed by atoms with Gasteiger partial charge in [-0.15, -0.1) is 0 Å². The normalized spacial score (nSPS) is 13.7. The first-order chi connectivity index (χ1) is 10.0. The van der Waals surface area contributed by atoms with Crippen LogP contribution < -0.4 is 11.1 Å². The van der Waals surface area contributed by atoms with Crippen LogP contribution >= 0.6 is 0 Å². The number of benzene rings is 1. The first kappa shape index (κ1) is 15.3. The van der Waals surface area contributed by atoms with E-state index >= 15 is 0 Å². The number of amides is 1. The van der Waals surface area contributed by atoms with E-state index in [1.807, 2.05) is 51.2 Å². The maximum atomic E-state index is 12.5. The molecule has 2 unspecified atom stereocenters. The van der Waals surface area contributed by atoms with Gasteiger partial charge in [0.05, 0.1) is 18.2 Å². The Morgan fingerprint density at radius 3 is 2.57 bits per heavy atom. The highest BCUT2D eigenvalue weighted by atomic mass is 16.1. The maximum absolute atomic E-state index is 12.5. The van der Waals surface area contributed by atoms with Crippen molar-refractivity contribution in [3.05, 3.63) is 53.3 Å². The maximum Gasteiger partial charge on any atom is 0.229 e. The zero-order chi connectivity index (χ0) is 15.4. The van der Waals surface area contributed by atoms with E-state index in [-0.39, 0.29) is 24.4 Å². The smallest absolute Gasteiger partial charge is 0.229 e. The fourth-order valence-corrected chi connectivity index (χ4v) is 2.41. The van der Waals surface area contributed by atoms with Crippen molar-refractivity contribution in [2.45, 2.75) is 25.8 Å². The molecule has 0 aliphatic rings. The standard InChI is InChI=1S/C16H22N4O/c1-11(15-10-18-20(3)12(15)2)19-16(21)14(9-17)13-7-5-4-6-8-13/h4-8,10-11,14H,9,17H2,1-3H3,(H,19,21). The number of rotatable bonds is 5. The lowest BCUT2D eigenvalue weighted by atomic mass is 9.97. The molecule has 3 N–H and O–H groups in total. The van der Waals surface area contributed by atoms with Gasteiger partial charge in [0.1, 0.15) is 0 Å². The van der Waals surface area contributed by atoms with Crippen molar-refractivity contribution in [3.8, 4) is 0 Å². The highest BCUT2D eigenvalue weighted by molar-refractivity contribution is 5.84. The topological polar surface area (TPSA) is 72.9 Å². The lowest BCUT2D eigenvalue weighted by molar-refractivity contribution is -0.123. The van der Waals surface area contributed by atoms with Gasteiger partial charge in [-0.25, -0.2) is 0 Å².